The molecule has 0 aliphatic heterocycles. The number of guanidine groups is 1. The zero-order chi connectivity index (χ0) is 22.4. The van der Waals surface area contributed by atoms with Gasteiger partial charge in [0.1, 0.15) is 11.2 Å². The Labute approximate surface area is 169 Å². The second-order valence-electron chi connectivity index (χ2n) is 8.29. The van der Waals surface area contributed by atoms with Crippen LogP contribution in [0.4, 0.5) is 15.3 Å². The van der Waals surface area contributed by atoms with E-state index < -0.39 is 28.3 Å². The molecular formula is C19H28N4O6. The predicted octanol–water partition coefficient (Wildman–Crippen LogP) is 3.81. The van der Waals surface area contributed by atoms with Crippen molar-refractivity contribution in [2.75, 3.05) is 0 Å². The monoisotopic (exact) mass is 408 g/mol. The van der Waals surface area contributed by atoms with Crippen LogP contribution in [0.3, 0.4) is 0 Å². The SMILES string of the molecule is Cc1ccc([N+](=O)[O-])cc1CN=C(NC(=O)OC(C)(C)C)NC(=O)OC(C)(C)C. The first kappa shape index (κ1) is 23.9. The van der Waals surface area contributed by atoms with E-state index in [0.29, 0.717) is 5.56 Å². The van der Waals surface area contributed by atoms with Gasteiger partial charge in [-0.15, -0.1) is 0 Å². The van der Waals surface area contributed by atoms with Gasteiger partial charge in [-0.25, -0.2) is 14.6 Å². The van der Waals surface area contributed by atoms with Gasteiger partial charge in [0.05, 0.1) is 11.5 Å². The fraction of sp³-hybridized carbons (Fsp3) is 0.526. The molecule has 1 aromatic rings. The van der Waals surface area contributed by atoms with Gasteiger partial charge in [-0.1, -0.05) is 6.07 Å². The quantitative estimate of drug-likeness (QED) is 0.338. The largest absolute Gasteiger partial charge is 0.444 e. The highest BCUT2D eigenvalue weighted by atomic mass is 16.6. The Hall–Kier alpha value is -3.17. The average Bonchev–Trinajstić information content (AvgIpc) is 2.49. The van der Waals surface area contributed by atoms with Crippen LogP contribution < -0.4 is 10.6 Å². The molecular weight excluding hydrogens is 380 g/mol. The molecule has 10 heteroatoms. The van der Waals surface area contributed by atoms with Gasteiger partial charge in [0.15, 0.2) is 0 Å². The molecule has 0 saturated carbocycles. The Balaban J connectivity index is 3.06. The number of alkyl carbamates (subject to hydrolysis) is 2. The Kier molecular flexibility index (Phi) is 7.70. The Morgan fingerprint density at radius 2 is 1.52 bits per heavy atom. The topological polar surface area (TPSA) is 132 Å². The summed E-state index contributed by atoms with van der Waals surface area (Å²) in [4.78, 5) is 38.8. The summed E-state index contributed by atoms with van der Waals surface area (Å²) in [7, 11) is 0. The summed E-state index contributed by atoms with van der Waals surface area (Å²) in [6, 6.07) is 4.38. The Morgan fingerprint density at radius 1 is 1.03 bits per heavy atom. The first-order valence-electron chi connectivity index (χ1n) is 8.94. The van der Waals surface area contributed by atoms with Crippen LogP contribution in [0.25, 0.3) is 0 Å². The molecule has 2 N–H and O–H groups in total. The van der Waals surface area contributed by atoms with Crippen molar-refractivity contribution in [1.29, 1.82) is 0 Å². The number of benzene rings is 1. The van der Waals surface area contributed by atoms with Gasteiger partial charge in [-0.05, 0) is 59.6 Å². The number of carbonyl (C=O) groups excluding carboxylic acids is 2. The molecule has 0 heterocycles. The van der Waals surface area contributed by atoms with E-state index in [1.807, 2.05) is 0 Å². The van der Waals surface area contributed by atoms with Gasteiger partial charge in [-0.2, -0.15) is 0 Å². The molecule has 0 aromatic heterocycles. The lowest BCUT2D eigenvalue weighted by Gasteiger charge is -2.22. The van der Waals surface area contributed by atoms with Crippen molar-refractivity contribution in [3.63, 3.8) is 0 Å². The molecule has 160 valence electrons. The second-order valence-corrected chi connectivity index (χ2v) is 8.29. The van der Waals surface area contributed by atoms with Crippen LogP contribution in [0, 0.1) is 17.0 Å². The molecule has 0 atom stereocenters. The number of aryl methyl sites for hydroxylation is 1. The first-order valence-corrected chi connectivity index (χ1v) is 8.94. The van der Waals surface area contributed by atoms with E-state index in [9.17, 15) is 19.7 Å². The van der Waals surface area contributed by atoms with Crippen molar-refractivity contribution < 1.29 is 24.0 Å². The van der Waals surface area contributed by atoms with Crippen molar-refractivity contribution in [2.45, 2.75) is 66.2 Å². The zero-order valence-electron chi connectivity index (χ0n) is 17.8. The summed E-state index contributed by atoms with van der Waals surface area (Å²) in [6.45, 7) is 11.9. The summed E-state index contributed by atoms with van der Waals surface area (Å²) < 4.78 is 10.3. The van der Waals surface area contributed by atoms with Crippen LogP contribution in [-0.2, 0) is 16.0 Å². The van der Waals surface area contributed by atoms with Crippen molar-refractivity contribution in [3.8, 4) is 0 Å². The van der Waals surface area contributed by atoms with Crippen LogP contribution in [-0.4, -0.2) is 34.3 Å². The molecule has 1 rings (SSSR count). The highest BCUT2D eigenvalue weighted by molar-refractivity contribution is 6.01. The lowest BCUT2D eigenvalue weighted by Crippen LogP contribution is -2.47. The third-order valence-electron chi connectivity index (χ3n) is 3.19. The molecule has 29 heavy (non-hydrogen) atoms. The molecule has 0 bridgehead atoms. The minimum Gasteiger partial charge on any atom is -0.444 e. The number of aliphatic imine (C=N–C) groups is 1. The maximum Gasteiger partial charge on any atom is 0.414 e. The number of nitro groups is 1. The molecule has 0 saturated heterocycles. The second kappa shape index (κ2) is 9.35. The van der Waals surface area contributed by atoms with Gasteiger partial charge in [-0.3, -0.25) is 20.7 Å². The number of carbonyl (C=O) groups is 2. The molecule has 0 unspecified atom stereocenters. The number of ether oxygens (including phenoxy) is 2. The van der Waals surface area contributed by atoms with Crippen LogP contribution in [0.15, 0.2) is 23.2 Å². The Bertz CT molecular complexity index is 774. The number of amides is 2. The van der Waals surface area contributed by atoms with Gasteiger partial charge in [0.2, 0.25) is 5.96 Å². The summed E-state index contributed by atoms with van der Waals surface area (Å²) in [5.74, 6) is -0.195. The standard InChI is InChI=1S/C19H28N4O6/c1-12-8-9-14(23(26)27)10-13(12)11-20-15(21-16(24)28-18(2,3)4)22-17(25)29-19(5,6)7/h8-10H,11H2,1-7H3,(H2,20,21,22,24,25). The van der Waals surface area contributed by atoms with E-state index in [4.69, 9.17) is 9.47 Å². The summed E-state index contributed by atoms with van der Waals surface area (Å²) in [5.41, 5.74) is -0.250. The molecule has 2 amide bonds. The van der Waals surface area contributed by atoms with E-state index in [-0.39, 0.29) is 18.2 Å². The van der Waals surface area contributed by atoms with Crippen LogP contribution >= 0.6 is 0 Å². The molecule has 0 radical (unpaired) electrons. The van der Waals surface area contributed by atoms with E-state index in [0.717, 1.165) is 5.56 Å². The average molecular weight is 408 g/mol. The number of nitro benzene ring substituents is 1. The van der Waals surface area contributed by atoms with Crippen molar-refractivity contribution in [3.05, 3.63) is 39.4 Å². The number of nitrogens with zero attached hydrogens (tertiary/aromatic N) is 2. The third-order valence-corrected chi connectivity index (χ3v) is 3.19. The van der Waals surface area contributed by atoms with Gasteiger partial charge < -0.3 is 9.47 Å². The maximum absolute atomic E-state index is 12.1. The third kappa shape index (κ3) is 9.54. The van der Waals surface area contributed by atoms with Crippen molar-refractivity contribution >= 4 is 23.8 Å². The number of non-ortho nitro benzene ring substituents is 1. The molecule has 0 aliphatic carbocycles. The highest BCUT2D eigenvalue weighted by Gasteiger charge is 2.21. The van der Waals surface area contributed by atoms with Gasteiger partial charge >= 0.3 is 12.2 Å². The molecule has 0 aliphatic rings. The van der Waals surface area contributed by atoms with E-state index >= 15 is 0 Å². The lowest BCUT2D eigenvalue weighted by atomic mass is 10.1. The lowest BCUT2D eigenvalue weighted by molar-refractivity contribution is -0.384. The zero-order valence-corrected chi connectivity index (χ0v) is 17.8. The fourth-order valence-electron chi connectivity index (χ4n) is 2.02. The van der Waals surface area contributed by atoms with Crippen LogP contribution in [0.5, 0.6) is 0 Å². The number of nitrogens with one attached hydrogen (secondary N) is 2. The summed E-state index contributed by atoms with van der Waals surface area (Å²) in [6.07, 6.45) is -1.63. The van der Waals surface area contributed by atoms with Gasteiger partial charge in [0, 0.05) is 12.1 Å². The highest BCUT2D eigenvalue weighted by Crippen LogP contribution is 2.18. The predicted molar refractivity (Wildman–Crippen MR) is 108 cm³/mol. The van der Waals surface area contributed by atoms with Crippen molar-refractivity contribution in [1.82, 2.24) is 10.6 Å². The van der Waals surface area contributed by atoms with Crippen LogP contribution in [0.2, 0.25) is 0 Å². The number of hydrogen-bond donors (Lipinski definition) is 2. The van der Waals surface area contributed by atoms with Crippen molar-refractivity contribution in [2.24, 2.45) is 4.99 Å². The number of hydrogen-bond acceptors (Lipinski definition) is 7. The maximum atomic E-state index is 12.1. The van der Waals surface area contributed by atoms with E-state index in [2.05, 4.69) is 15.6 Å². The normalized spacial score (nSPS) is 11.3. The van der Waals surface area contributed by atoms with Crippen LogP contribution in [0.1, 0.15) is 52.7 Å². The van der Waals surface area contributed by atoms with E-state index in [1.54, 1.807) is 54.5 Å². The van der Waals surface area contributed by atoms with Gasteiger partial charge in [0.25, 0.3) is 5.69 Å². The Morgan fingerprint density at radius 3 is 1.93 bits per heavy atom. The molecule has 0 spiro atoms. The molecule has 0 fully saturated rings. The smallest absolute Gasteiger partial charge is 0.414 e. The minimum atomic E-state index is -0.817. The number of rotatable bonds is 3. The summed E-state index contributed by atoms with van der Waals surface area (Å²) in [5, 5.41) is 15.7. The molecule has 1 aromatic carbocycles. The molecule has 10 nitrogen and oxygen atoms in total. The minimum absolute atomic E-state index is 0.0194. The first-order chi connectivity index (χ1) is 13.2. The fourth-order valence-corrected chi connectivity index (χ4v) is 2.02. The van der Waals surface area contributed by atoms with E-state index in [1.165, 1.54) is 12.1 Å². The summed E-state index contributed by atoms with van der Waals surface area (Å²) >= 11 is 0.